The number of aromatic nitrogens is 2. The predicted molar refractivity (Wildman–Crippen MR) is 105 cm³/mol. The molecule has 1 aliphatic heterocycles. The number of hydrogen-bond acceptors (Lipinski definition) is 4. The molecule has 1 aromatic heterocycles. The minimum Gasteiger partial charge on any atom is -0.336 e. The van der Waals surface area contributed by atoms with E-state index in [1.54, 1.807) is 13.2 Å². The first-order valence-corrected chi connectivity index (χ1v) is 9.70. The summed E-state index contributed by atoms with van der Waals surface area (Å²) in [5.74, 6) is 0.342. The van der Waals surface area contributed by atoms with Crippen molar-refractivity contribution in [2.75, 3.05) is 18.4 Å². The number of unbranched alkanes of at least 4 members (excludes halogenated alkanes) is 2. The number of hydrogen-bond donors (Lipinski definition) is 1. The lowest BCUT2D eigenvalue weighted by atomic mass is 9.98. The van der Waals surface area contributed by atoms with Crippen LogP contribution in [-0.2, 0) is 20.0 Å². The Kier molecular flexibility index (Phi) is 5.91. The fourth-order valence-corrected chi connectivity index (χ4v) is 3.74. The highest BCUT2D eigenvalue weighted by molar-refractivity contribution is 9.10. The molecule has 5 nitrogen and oxygen atoms in total. The van der Waals surface area contributed by atoms with Crippen LogP contribution in [0.15, 0.2) is 33.8 Å². The average Bonchev–Trinajstić information content (AvgIpc) is 2.59. The van der Waals surface area contributed by atoms with Crippen LogP contribution < -0.4 is 10.9 Å². The summed E-state index contributed by atoms with van der Waals surface area (Å²) in [6.45, 7) is 5.56. The maximum atomic E-state index is 12.2. The van der Waals surface area contributed by atoms with Crippen molar-refractivity contribution in [3.8, 4) is 0 Å². The van der Waals surface area contributed by atoms with Crippen LogP contribution in [0, 0.1) is 0 Å². The summed E-state index contributed by atoms with van der Waals surface area (Å²) in [5.41, 5.74) is 3.54. The first kappa shape index (κ1) is 18.1. The molecule has 3 rings (SSSR count). The molecular weight excluding hydrogens is 380 g/mol. The largest absolute Gasteiger partial charge is 0.336 e. The van der Waals surface area contributed by atoms with Gasteiger partial charge in [-0.3, -0.25) is 9.69 Å². The van der Waals surface area contributed by atoms with Gasteiger partial charge in [0.25, 0.3) is 5.56 Å². The van der Waals surface area contributed by atoms with E-state index in [0.717, 1.165) is 25.2 Å². The zero-order chi connectivity index (χ0) is 17.8. The highest BCUT2D eigenvalue weighted by atomic mass is 79.9. The monoisotopic (exact) mass is 404 g/mol. The van der Waals surface area contributed by atoms with Gasteiger partial charge in [0.2, 0.25) is 0 Å². The molecule has 0 radical (unpaired) electrons. The molecule has 2 heterocycles. The molecule has 0 unspecified atom stereocenters. The van der Waals surface area contributed by atoms with Gasteiger partial charge < -0.3 is 9.88 Å². The van der Waals surface area contributed by atoms with Gasteiger partial charge in [-0.05, 0) is 58.6 Å². The lowest BCUT2D eigenvalue weighted by Crippen LogP contribution is -2.31. The summed E-state index contributed by atoms with van der Waals surface area (Å²) in [6, 6.07) is 6.36. The van der Waals surface area contributed by atoms with Crippen molar-refractivity contribution in [3.63, 3.8) is 0 Å². The Morgan fingerprint density at radius 3 is 2.92 bits per heavy atom. The van der Waals surface area contributed by atoms with Gasteiger partial charge in [0.15, 0.2) is 5.82 Å². The molecule has 1 aliphatic rings. The van der Waals surface area contributed by atoms with Crippen molar-refractivity contribution in [2.45, 2.75) is 39.2 Å². The van der Waals surface area contributed by atoms with Gasteiger partial charge in [-0.25, -0.2) is 4.98 Å². The third-order valence-electron chi connectivity index (χ3n) is 4.68. The van der Waals surface area contributed by atoms with Crippen LogP contribution in [0.4, 0.5) is 11.5 Å². The summed E-state index contributed by atoms with van der Waals surface area (Å²) in [5, 5.41) is 3.17. The molecule has 0 fully saturated rings. The summed E-state index contributed by atoms with van der Waals surface area (Å²) in [6.07, 6.45) is 6.57. The summed E-state index contributed by atoms with van der Waals surface area (Å²) < 4.78 is 2.16. The molecule has 134 valence electrons. The lowest BCUT2D eigenvalue weighted by Gasteiger charge is -2.29. The van der Waals surface area contributed by atoms with Crippen LogP contribution in [0.25, 0.3) is 0 Å². The number of nitrogens with zero attached hydrogens (tertiary/aromatic N) is 3. The van der Waals surface area contributed by atoms with Crippen LogP contribution in [0.2, 0.25) is 0 Å². The van der Waals surface area contributed by atoms with E-state index < -0.39 is 0 Å². The smallest absolute Gasteiger partial charge is 0.293 e. The van der Waals surface area contributed by atoms with Crippen molar-refractivity contribution in [2.24, 2.45) is 7.05 Å². The standard InChI is InChI=1S/C19H25BrN4O/c1-3-4-5-9-24-10-8-14-11-16(7-6-15(14)12-24)21-18-19(25)23(2)13-17(20)22-18/h6-7,11,13H,3-5,8-10,12H2,1-2H3,(H,21,22). The van der Waals surface area contributed by atoms with Gasteiger partial charge in [0.1, 0.15) is 4.60 Å². The second-order valence-electron chi connectivity index (χ2n) is 6.67. The maximum Gasteiger partial charge on any atom is 0.293 e. The van der Waals surface area contributed by atoms with Crippen molar-refractivity contribution < 1.29 is 0 Å². The Labute approximate surface area is 157 Å². The zero-order valence-corrected chi connectivity index (χ0v) is 16.5. The predicted octanol–water partition coefficient (Wildman–Crippen LogP) is 3.83. The van der Waals surface area contributed by atoms with Gasteiger partial charge in [0.05, 0.1) is 0 Å². The fraction of sp³-hybridized carbons (Fsp3) is 0.474. The molecule has 25 heavy (non-hydrogen) atoms. The third kappa shape index (κ3) is 4.50. The Balaban J connectivity index is 1.72. The quantitative estimate of drug-likeness (QED) is 0.743. The summed E-state index contributed by atoms with van der Waals surface area (Å²) in [4.78, 5) is 19.0. The SMILES string of the molecule is CCCCCN1CCc2cc(Nc3nc(Br)cn(C)c3=O)ccc2C1. The minimum atomic E-state index is -0.136. The van der Waals surface area contributed by atoms with Crippen LogP contribution >= 0.6 is 15.9 Å². The van der Waals surface area contributed by atoms with E-state index >= 15 is 0 Å². The average molecular weight is 405 g/mol. The highest BCUT2D eigenvalue weighted by Crippen LogP contribution is 2.24. The van der Waals surface area contributed by atoms with Crippen LogP contribution in [-0.4, -0.2) is 27.5 Å². The number of rotatable bonds is 6. The first-order chi connectivity index (χ1) is 12.1. The van der Waals surface area contributed by atoms with E-state index in [9.17, 15) is 4.79 Å². The van der Waals surface area contributed by atoms with Gasteiger partial charge in [0, 0.05) is 32.0 Å². The first-order valence-electron chi connectivity index (χ1n) is 8.91. The van der Waals surface area contributed by atoms with Gasteiger partial charge in [-0.2, -0.15) is 0 Å². The summed E-state index contributed by atoms with van der Waals surface area (Å²) >= 11 is 3.34. The molecule has 0 saturated carbocycles. The maximum absolute atomic E-state index is 12.2. The summed E-state index contributed by atoms with van der Waals surface area (Å²) in [7, 11) is 1.72. The second kappa shape index (κ2) is 8.15. The number of halogens is 1. The van der Waals surface area contributed by atoms with E-state index in [-0.39, 0.29) is 5.56 Å². The molecule has 0 bridgehead atoms. The van der Waals surface area contributed by atoms with Crippen LogP contribution in [0.5, 0.6) is 0 Å². The third-order valence-corrected chi connectivity index (χ3v) is 5.06. The van der Waals surface area contributed by atoms with E-state index in [1.807, 2.05) is 6.07 Å². The second-order valence-corrected chi connectivity index (χ2v) is 7.48. The Hall–Kier alpha value is -1.66. The normalized spacial score (nSPS) is 14.4. The Bertz CT molecular complexity index is 802. The molecule has 6 heteroatoms. The molecule has 0 spiro atoms. The topological polar surface area (TPSA) is 50.2 Å². The number of nitrogens with one attached hydrogen (secondary N) is 1. The Morgan fingerprint density at radius 2 is 2.12 bits per heavy atom. The minimum absolute atomic E-state index is 0.136. The van der Waals surface area contributed by atoms with Crippen LogP contribution in [0.3, 0.4) is 0 Å². The molecule has 2 aromatic rings. The van der Waals surface area contributed by atoms with E-state index in [1.165, 1.54) is 41.5 Å². The number of anilines is 2. The van der Waals surface area contributed by atoms with Crippen molar-refractivity contribution in [1.29, 1.82) is 0 Å². The number of benzene rings is 1. The zero-order valence-electron chi connectivity index (χ0n) is 14.9. The molecule has 0 atom stereocenters. The molecular formula is C19H25BrN4O. The van der Waals surface area contributed by atoms with E-state index in [4.69, 9.17) is 0 Å². The lowest BCUT2D eigenvalue weighted by molar-refractivity contribution is 0.249. The van der Waals surface area contributed by atoms with Crippen molar-refractivity contribution in [3.05, 3.63) is 50.5 Å². The Morgan fingerprint density at radius 1 is 1.28 bits per heavy atom. The molecule has 0 aliphatic carbocycles. The fourth-order valence-electron chi connectivity index (χ4n) is 3.25. The van der Waals surface area contributed by atoms with Crippen molar-refractivity contribution >= 4 is 27.4 Å². The van der Waals surface area contributed by atoms with E-state index in [0.29, 0.717) is 10.4 Å². The van der Waals surface area contributed by atoms with Crippen molar-refractivity contribution in [1.82, 2.24) is 14.5 Å². The van der Waals surface area contributed by atoms with E-state index in [2.05, 4.69) is 50.2 Å². The molecule has 0 saturated heterocycles. The van der Waals surface area contributed by atoms with Gasteiger partial charge in [-0.1, -0.05) is 25.8 Å². The van der Waals surface area contributed by atoms with Gasteiger partial charge >= 0.3 is 0 Å². The number of aryl methyl sites for hydroxylation is 1. The van der Waals surface area contributed by atoms with Crippen LogP contribution in [0.1, 0.15) is 37.3 Å². The highest BCUT2D eigenvalue weighted by Gasteiger charge is 2.16. The van der Waals surface area contributed by atoms with Gasteiger partial charge in [-0.15, -0.1) is 0 Å². The number of fused-ring (bicyclic) bond motifs is 1. The molecule has 0 amide bonds. The molecule has 1 aromatic carbocycles. The molecule has 1 N–H and O–H groups in total.